The zero-order valence-electron chi connectivity index (χ0n) is 14.3. The summed E-state index contributed by atoms with van der Waals surface area (Å²) in [5, 5.41) is 3.31. The summed E-state index contributed by atoms with van der Waals surface area (Å²) >= 11 is 6.26. The first-order valence-corrected chi connectivity index (χ1v) is 8.72. The van der Waals surface area contributed by atoms with Crippen molar-refractivity contribution in [2.45, 2.75) is 0 Å². The van der Waals surface area contributed by atoms with E-state index in [2.05, 4.69) is 15.4 Å². The number of hydrogen-bond donors (Lipinski definition) is 1. The molecule has 0 amide bonds. The number of hydrogen-bond acceptors (Lipinski definition) is 6. The molecule has 134 valence electrons. The minimum atomic E-state index is -0.151. The van der Waals surface area contributed by atoms with Gasteiger partial charge in [-0.3, -0.25) is 14.8 Å². The van der Waals surface area contributed by atoms with Gasteiger partial charge in [-0.05, 0) is 12.1 Å². The monoisotopic (exact) mass is 371 g/mol. The van der Waals surface area contributed by atoms with Gasteiger partial charge in [0.2, 0.25) is 5.95 Å². The van der Waals surface area contributed by atoms with Crippen LogP contribution in [-0.4, -0.2) is 45.8 Å². The Labute approximate surface area is 155 Å². The fourth-order valence-electron chi connectivity index (χ4n) is 2.99. The molecule has 26 heavy (non-hydrogen) atoms. The van der Waals surface area contributed by atoms with Gasteiger partial charge in [0.1, 0.15) is 5.65 Å². The van der Waals surface area contributed by atoms with Crippen LogP contribution in [-0.2, 0) is 11.8 Å². The third-order valence-corrected chi connectivity index (χ3v) is 4.71. The van der Waals surface area contributed by atoms with Crippen molar-refractivity contribution in [2.24, 2.45) is 7.05 Å². The minimum absolute atomic E-state index is 0.151. The first-order chi connectivity index (χ1) is 12.6. The van der Waals surface area contributed by atoms with Crippen molar-refractivity contribution in [1.29, 1.82) is 0 Å². The maximum atomic E-state index is 12.8. The van der Waals surface area contributed by atoms with Crippen LogP contribution in [0, 0.1) is 0 Å². The molecule has 1 N–H and O–H groups in total. The molecule has 2 aromatic heterocycles. The van der Waals surface area contributed by atoms with Gasteiger partial charge in [0.25, 0.3) is 5.56 Å². The Morgan fingerprint density at radius 1 is 1.19 bits per heavy atom. The number of fused-ring (bicyclic) bond motifs is 1. The van der Waals surface area contributed by atoms with Crippen LogP contribution >= 0.6 is 11.6 Å². The topological polar surface area (TPSA) is 72.3 Å². The molecule has 1 aromatic carbocycles. The number of benzene rings is 1. The Hall–Kier alpha value is -2.48. The number of anilines is 1. The molecule has 7 nitrogen and oxygen atoms in total. The van der Waals surface area contributed by atoms with Crippen molar-refractivity contribution in [2.75, 3.05) is 31.7 Å². The number of rotatable bonds is 3. The number of halogens is 1. The fraction of sp³-hybridized carbons (Fsp3) is 0.278. The summed E-state index contributed by atoms with van der Waals surface area (Å²) in [4.78, 5) is 21.7. The second-order valence-electron chi connectivity index (χ2n) is 6.09. The normalized spacial score (nSPS) is 15.3. The zero-order valence-corrected chi connectivity index (χ0v) is 15.0. The van der Waals surface area contributed by atoms with Crippen LogP contribution in [0.25, 0.3) is 22.2 Å². The predicted molar refractivity (Wildman–Crippen MR) is 101 cm³/mol. The molecule has 1 saturated heterocycles. The molecule has 1 fully saturated rings. The lowest BCUT2D eigenvalue weighted by molar-refractivity contribution is 0.0493. The number of aryl methyl sites for hydroxylation is 1. The van der Waals surface area contributed by atoms with Crippen molar-refractivity contribution < 1.29 is 4.74 Å². The molecule has 8 heteroatoms. The summed E-state index contributed by atoms with van der Waals surface area (Å²) in [7, 11) is 1.70. The van der Waals surface area contributed by atoms with Crippen molar-refractivity contribution in [3.05, 3.63) is 51.9 Å². The van der Waals surface area contributed by atoms with Gasteiger partial charge in [0.05, 0.1) is 13.2 Å². The number of ether oxygens (including phenoxy) is 1. The van der Waals surface area contributed by atoms with Gasteiger partial charge in [0, 0.05) is 47.9 Å². The molecule has 0 atom stereocenters. The molecule has 1 aliphatic heterocycles. The zero-order chi connectivity index (χ0) is 18.1. The number of aromatic nitrogens is 3. The third-order valence-electron chi connectivity index (χ3n) is 4.38. The van der Waals surface area contributed by atoms with Gasteiger partial charge in [-0.15, -0.1) is 0 Å². The molecule has 0 unspecified atom stereocenters. The smallest absolute Gasteiger partial charge is 0.259 e. The van der Waals surface area contributed by atoms with Gasteiger partial charge in [-0.25, -0.2) is 9.99 Å². The first-order valence-electron chi connectivity index (χ1n) is 8.34. The second-order valence-corrected chi connectivity index (χ2v) is 6.49. The predicted octanol–water partition coefficient (Wildman–Crippen LogP) is 2.31. The van der Waals surface area contributed by atoms with Crippen molar-refractivity contribution in [1.82, 2.24) is 19.5 Å². The van der Waals surface area contributed by atoms with Gasteiger partial charge in [-0.2, -0.15) is 4.98 Å². The molecule has 1 aliphatic rings. The molecule has 0 spiro atoms. The maximum absolute atomic E-state index is 12.8. The van der Waals surface area contributed by atoms with Crippen LogP contribution in [0.1, 0.15) is 0 Å². The molecule has 0 aliphatic carbocycles. The highest BCUT2D eigenvalue weighted by Crippen LogP contribution is 2.27. The lowest BCUT2D eigenvalue weighted by Gasteiger charge is -2.26. The molecule has 0 bridgehead atoms. The van der Waals surface area contributed by atoms with E-state index in [0.717, 1.165) is 18.5 Å². The highest BCUT2D eigenvalue weighted by atomic mass is 35.5. The van der Waals surface area contributed by atoms with Gasteiger partial charge in [-0.1, -0.05) is 29.8 Å². The van der Waals surface area contributed by atoms with E-state index in [-0.39, 0.29) is 5.56 Å². The highest BCUT2D eigenvalue weighted by molar-refractivity contribution is 6.33. The van der Waals surface area contributed by atoms with Gasteiger partial charge in [0.15, 0.2) is 0 Å². The number of pyridine rings is 1. The van der Waals surface area contributed by atoms with E-state index < -0.39 is 0 Å². The van der Waals surface area contributed by atoms with E-state index in [1.54, 1.807) is 25.4 Å². The molecular weight excluding hydrogens is 354 g/mol. The summed E-state index contributed by atoms with van der Waals surface area (Å²) in [5.74, 6) is 0.458. The molecular formula is C18H18ClN5O2. The summed E-state index contributed by atoms with van der Waals surface area (Å²) in [6, 6.07) is 9.09. The van der Waals surface area contributed by atoms with E-state index in [1.807, 2.05) is 23.2 Å². The average molecular weight is 372 g/mol. The Bertz CT molecular complexity index is 1010. The summed E-state index contributed by atoms with van der Waals surface area (Å²) in [6.07, 6.45) is 1.71. The molecule has 0 saturated carbocycles. The lowest BCUT2D eigenvalue weighted by Crippen LogP contribution is -2.40. The van der Waals surface area contributed by atoms with Crippen LogP contribution in [0.4, 0.5) is 5.95 Å². The SMILES string of the molecule is Cn1c(=O)c(-c2ccccc2Cl)cc2cnc(NN3CCOCC3)nc21. The number of morpholine rings is 1. The molecule has 3 heterocycles. The van der Waals surface area contributed by atoms with Crippen molar-refractivity contribution in [3.8, 4) is 11.1 Å². The van der Waals surface area contributed by atoms with Crippen LogP contribution in [0.5, 0.6) is 0 Å². The Morgan fingerprint density at radius 3 is 2.73 bits per heavy atom. The minimum Gasteiger partial charge on any atom is -0.379 e. The fourth-order valence-corrected chi connectivity index (χ4v) is 3.23. The van der Waals surface area contributed by atoms with Gasteiger partial charge < -0.3 is 4.74 Å². The third kappa shape index (κ3) is 3.16. The van der Waals surface area contributed by atoms with Crippen molar-refractivity contribution >= 4 is 28.6 Å². The molecule has 3 aromatic rings. The van der Waals surface area contributed by atoms with E-state index >= 15 is 0 Å². The van der Waals surface area contributed by atoms with E-state index in [0.29, 0.717) is 41.0 Å². The first kappa shape index (κ1) is 17.0. The quantitative estimate of drug-likeness (QED) is 0.761. The summed E-state index contributed by atoms with van der Waals surface area (Å²) in [5.41, 5.74) is 4.82. The maximum Gasteiger partial charge on any atom is 0.259 e. The molecule has 0 radical (unpaired) electrons. The van der Waals surface area contributed by atoms with E-state index in [9.17, 15) is 4.79 Å². The highest BCUT2D eigenvalue weighted by Gasteiger charge is 2.15. The second kappa shape index (κ2) is 7.03. The van der Waals surface area contributed by atoms with Gasteiger partial charge >= 0.3 is 0 Å². The lowest BCUT2D eigenvalue weighted by atomic mass is 10.1. The molecule has 4 rings (SSSR count). The summed E-state index contributed by atoms with van der Waals surface area (Å²) in [6.45, 7) is 2.85. The van der Waals surface area contributed by atoms with E-state index in [1.165, 1.54) is 4.57 Å². The standard InChI is InChI=1S/C18H18ClN5O2/c1-23-16-12(10-14(17(23)25)13-4-2-3-5-15(13)19)11-20-18(21-16)22-24-6-8-26-9-7-24/h2-5,10-11H,6-9H2,1H3,(H,20,21,22). The van der Waals surface area contributed by atoms with E-state index in [4.69, 9.17) is 16.3 Å². The van der Waals surface area contributed by atoms with Crippen LogP contribution in [0.15, 0.2) is 41.3 Å². The van der Waals surface area contributed by atoms with Crippen LogP contribution in [0.3, 0.4) is 0 Å². The number of hydrazine groups is 1. The average Bonchev–Trinajstić information content (AvgIpc) is 2.66. The Balaban J connectivity index is 1.76. The number of nitrogens with zero attached hydrogens (tertiary/aromatic N) is 4. The largest absolute Gasteiger partial charge is 0.379 e. The van der Waals surface area contributed by atoms with Crippen LogP contribution < -0.4 is 11.0 Å². The van der Waals surface area contributed by atoms with Crippen molar-refractivity contribution in [3.63, 3.8) is 0 Å². The van der Waals surface area contributed by atoms with Crippen LogP contribution in [0.2, 0.25) is 5.02 Å². The Kier molecular flexibility index (Phi) is 4.58. The summed E-state index contributed by atoms with van der Waals surface area (Å²) < 4.78 is 6.86. The Morgan fingerprint density at radius 2 is 1.96 bits per heavy atom. The number of nitrogens with one attached hydrogen (secondary N) is 1.